The molecule has 2 nitrogen and oxygen atoms in total. The number of benzene rings is 1. The van der Waals surface area contributed by atoms with E-state index in [0.717, 1.165) is 28.5 Å². The minimum Gasteiger partial charge on any atom is -0.351 e. The Bertz CT molecular complexity index is 396. The van der Waals surface area contributed by atoms with E-state index >= 15 is 0 Å². The van der Waals surface area contributed by atoms with E-state index in [-0.39, 0.29) is 10.7 Å². The maximum atomic E-state index is 12.1. The van der Waals surface area contributed by atoms with E-state index in [1.165, 1.54) is 0 Å². The van der Waals surface area contributed by atoms with E-state index in [9.17, 15) is 4.79 Å². The van der Waals surface area contributed by atoms with Gasteiger partial charge in [0.25, 0.3) is 5.91 Å². The lowest BCUT2D eigenvalue weighted by atomic mass is 10.0. The van der Waals surface area contributed by atoms with Crippen LogP contribution < -0.4 is 5.32 Å². The Morgan fingerprint density at radius 3 is 2.56 bits per heavy atom. The first-order valence-electron chi connectivity index (χ1n) is 6.16. The van der Waals surface area contributed by atoms with Crippen molar-refractivity contribution in [3.05, 3.63) is 33.4 Å². The lowest BCUT2D eigenvalue weighted by molar-refractivity contribution is 0.0949. The summed E-state index contributed by atoms with van der Waals surface area (Å²) in [5.41, 5.74) is 0.740. The molecule has 4 heteroatoms. The molecule has 0 aliphatic heterocycles. The first-order valence-corrected chi connectivity index (χ1v) is 8.46. The highest BCUT2D eigenvalue weighted by Gasteiger charge is 2.25. The van der Waals surface area contributed by atoms with Crippen LogP contribution in [0.25, 0.3) is 0 Å². The summed E-state index contributed by atoms with van der Waals surface area (Å²) in [6.45, 7) is 5.08. The molecule has 1 rings (SSSR count). The molecule has 0 saturated carbocycles. The molecule has 18 heavy (non-hydrogen) atoms. The van der Waals surface area contributed by atoms with Crippen molar-refractivity contribution in [3.63, 3.8) is 0 Å². The van der Waals surface area contributed by atoms with E-state index in [2.05, 4.69) is 48.0 Å². The average Bonchev–Trinajstić information content (AvgIpc) is 2.40. The van der Waals surface area contributed by atoms with Crippen molar-refractivity contribution >= 4 is 40.3 Å². The quantitative estimate of drug-likeness (QED) is 0.761. The molecule has 1 aromatic rings. The van der Waals surface area contributed by atoms with Crippen LogP contribution >= 0.6 is 34.4 Å². The number of carbonyl (C=O) groups is 1. The van der Waals surface area contributed by atoms with Crippen molar-refractivity contribution in [1.29, 1.82) is 0 Å². The van der Waals surface area contributed by atoms with Gasteiger partial charge in [0.05, 0.1) is 0 Å². The molecule has 100 valence electrons. The number of nitrogens with one attached hydrogen (secondary N) is 1. The molecular weight excluding hydrogens is 357 g/mol. The smallest absolute Gasteiger partial charge is 0.251 e. The molecule has 1 N–H and O–H groups in total. The fourth-order valence-electron chi connectivity index (χ4n) is 1.83. The molecule has 0 fully saturated rings. The number of amides is 1. The van der Waals surface area contributed by atoms with Crippen molar-refractivity contribution in [2.45, 2.75) is 31.4 Å². The van der Waals surface area contributed by atoms with Gasteiger partial charge in [0.15, 0.2) is 0 Å². The third-order valence-electron chi connectivity index (χ3n) is 3.38. The van der Waals surface area contributed by atoms with Gasteiger partial charge in [-0.05, 0) is 59.9 Å². The Balaban J connectivity index is 2.66. The van der Waals surface area contributed by atoms with Gasteiger partial charge >= 0.3 is 0 Å². The number of thioether (sulfide) groups is 1. The summed E-state index contributed by atoms with van der Waals surface area (Å²) < 4.78 is 1.25. The Morgan fingerprint density at radius 2 is 2.06 bits per heavy atom. The van der Waals surface area contributed by atoms with E-state index in [1.807, 2.05) is 36.0 Å². The third kappa shape index (κ3) is 4.16. The largest absolute Gasteiger partial charge is 0.351 e. The van der Waals surface area contributed by atoms with E-state index in [4.69, 9.17) is 0 Å². The van der Waals surface area contributed by atoms with E-state index in [1.54, 1.807) is 0 Å². The van der Waals surface area contributed by atoms with Crippen molar-refractivity contribution in [3.8, 4) is 0 Å². The standard InChI is InChI=1S/C14H20INOS/c1-4-14(5-2,18-3)10-16-13(17)11-7-6-8-12(15)9-11/h6-9H,4-5,10H2,1-3H3,(H,16,17). The molecule has 0 aliphatic carbocycles. The maximum Gasteiger partial charge on any atom is 0.251 e. The van der Waals surface area contributed by atoms with Crippen LogP contribution in [0, 0.1) is 3.57 Å². The normalized spacial score (nSPS) is 11.3. The molecule has 0 saturated heterocycles. The van der Waals surface area contributed by atoms with Crippen molar-refractivity contribution in [1.82, 2.24) is 5.32 Å². The average molecular weight is 377 g/mol. The summed E-state index contributed by atoms with van der Waals surface area (Å²) in [5.74, 6) is 0.0221. The summed E-state index contributed by atoms with van der Waals surface area (Å²) in [6.07, 6.45) is 4.25. The van der Waals surface area contributed by atoms with Crippen LogP contribution in [0.5, 0.6) is 0 Å². The zero-order valence-corrected chi connectivity index (χ0v) is 14.1. The second-order valence-corrected chi connectivity index (χ2v) is 6.81. The van der Waals surface area contributed by atoms with Crippen LogP contribution in [-0.4, -0.2) is 23.5 Å². The van der Waals surface area contributed by atoms with Gasteiger partial charge in [-0.15, -0.1) is 0 Å². The topological polar surface area (TPSA) is 29.1 Å². The highest BCUT2D eigenvalue weighted by atomic mass is 127. The van der Waals surface area contributed by atoms with Crippen molar-refractivity contribution < 1.29 is 4.79 Å². The van der Waals surface area contributed by atoms with Gasteiger partial charge in [-0.2, -0.15) is 11.8 Å². The molecular formula is C14H20INOS. The Morgan fingerprint density at radius 1 is 1.39 bits per heavy atom. The van der Waals surface area contributed by atoms with Gasteiger partial charge in [0.1, 0.15) is 0 Å². The minimum absolute atomic E-state index is 0.0221. The zero-order valence-electron chi connectivity index (χ0n) is 11.1. The fourth-order valence-corrected chi connectivity index (χ4v) is 3.17. The molecule has 0 heterocycles. The molecule has 1 aromatic carbocycles. The van der Waals surface area contributed by atoms with Crippen LogP contribution in [-0.2, 0) is 0 Å². The summed E-state index contributed by atoms with van der Waals surface area (Å²) in [4.78, 5) is 12.1. The highest BCUT2D eigenvalue weighted by molar-refractivity contribution is 14.1. The second kappa shape index (κ2) is 7.38. The van der Waals surface area contributed by atoms with Gasteiger partial charge in [0, 0.05) is 20.4 Å². The summed E-state index contributed by atoms with van der Waals surface area (Å²) in [5, 5.41) is 3.06. The van der Waals surface area contributed by atoms with Crippen LogP contribution in [0.1, 0.15) is 37.0 Å². The number of hydrogen-bond acceptors (Lipinski definition) is 2. The zero-order chi connectivity index (χ0) is 13.6. The predicted molar refractivity (Wildman–Crippen MR) is 88.3 cm³/mol. The Labute approximate surface area is 127 Å². The lowest BCUT2D eigenvalue weighted by Gasteiger charge is -2.29. The monoisotopic (exact) mass is 377 g/mol. The predicted octanol–water partition coefficient (Wildman–Crippen LogP) is 3.94. The molecule has 0 bridgehead atoms. The molecule has 0 spiro atoms. The number of rotatable bonds is 6. The summed E-state index contributed by atoms with van der Waals surface area (Å²) in [6, 6.07) is 7.67. The van der Waals surface area contributed by atoms with Gasteiger partial charge in [-0.25, -0.2) is 0 Å². The summed E-state index contributed by atoms with van der Waals surface area (Å²) in [7, 11) is 0. The van der Waals surface area contributed by atoms with Gasteiger partial charge in [-0.3, -0.25) is 4.79 Å². The first kappa shape index (κ1) is 15.8. The third-order valence-corrected chi connectivity index (χ3v) is 5.64. The molecule has 0 aromatic heterocycles. The van der Waals surface area contributed by atoms with Gasteiger partial charge < -0.3 is 5.32 Å². The highest BCUT2D eigenvalue weighted by Crippen LogP contribution is 2.29. The number of halogens is 1. The molecule has 1 amide bonds. The SMILES string of the molecule is CCC(CC)(CNC(=O)c1cccc(I)c1)SC. The van der Waals surface area contributed by atoms with Gasteiger partial charge in [-0.1, -0.05) is 19.9 Å². The molecule has 0 aliphatic rings. The molecule has 0 atom stereocenters. The van der Waals surface area contributed by atoms with Crippen molar-refractivity contribution in [2.75, 3.05) is 12.8 Å². The Kier molecular flexibility index (Phi) is 6.49. The Hall–Kier alpha value is -0.230. The van der Waals surface area contributed by atoms with Crippen LogP contribution in [0.15, 0.2) is 24.3 Å². The molecule has 0 unspecified atom stereocenters. The first-order chi connectivity index (χ1) is 8.56. The van der Waals surface area contributed by atoms with Gasteiger partial charge in [0.2, 0.25) is 0 Å². The van der Waals surface area contributed by atoms with E-state index < -0.39 is 0 Å². The fraction of sp³-hybridized carbons (Fsp3) is 0.500. The van der Waals surface area contributed by atoms with Crippen molar-refractivity contribution in [2.24, 2.45) is 0 Å². The van der Waals surface area contributed by atoms with Crippen LogP contribution in [0.2, 0.25) is 0 Å². The van der Waals surface area contributed by atoms with E-state index in [0.29, 0.717) is 0 Å². The molecule has 0 radical (unpaired) electrons. The number of hydrogen-bond donors (Lipinski definition) is 1. The van der Waals surface area contributed by atoms with Crippen LogP contribution in [0.3, 0.4) is 0 Å². The maximum absolute atomic E-state index is 12.1. The lowest BCUT2D eigenvalue weighted by Crippen LogP contribution is -2.39. The number of carbonyl (C=O) groups excluding carboxylic acids is 1. The minimum atomic E-state index is 0.0221. The second-order valence-electron chi connectivity index (χ2n) is 4.29. The van der Waals surface area contributed by atoms with Crippen LogP contribution in [0.4, 0.5) is 0 Å². The summed E-state index contributed by atoms with van der Waals surface area (Å²) >= 11 is 4.06.